The predicted molar refractivity (Wildman–Crippen MR) is 96.6 cm³/mol. The minimum atomic E-state index is -4.52. The van der Waals surface area contributed by atoms with Crippen LogP contribution in [0.15, 0.2) is 18.2 Å². The molecule has 10 heteroatoms. The molecule has 0 spiro atoms. The van der Waals surface area contributed by atoms with Crippen LogP contribution >= 0.6 is 23.4 Å². The lowest BCUT2D eigenvalue weighted by molar-refractivity contribution is -0.137. The third kappa shape index (κ3) is 8.66. The maximum Gasteiger partial charge on any atom is 0.416 e. The van der Waals surface area contributed by atoms with Crippen LogP contribution in [0.1, 0.15) is 26.3 Å². The van der Waals surface area contributed by atoms with Gasteiger partial charge in [0.25, 0.3) is 0 Å². The van der Waals surface area contributed by atoms with Crippen molar-refractivity contribution < 1.29 is 27.5 Å². The summed E-state index contributed by atoms with van der Waals surface area (Å²) >= 11 is 7.02. The number of hydrogen-bond donors (Lipinski definition) is 2. The van der Waals surface area contributed by atoms with Gasteiger partial charge in [0.2, 0.25) is 5.91 Å². The second-order valence-corrected chi connectivity index (χ2v) is 7.73. The third-order valence-corrected chi connectivity index (χ3v) is 4.00. The Morgan fingerprint density at radius 1 is 1.23 bits per heavy atom. The van der Waals surface area contributed by atoms with Crippen LogP contribution in [0.4, 0.5) is 23.7 Å². The number of alkyl carbamates (subject to hydrolysis) is 1. The quantitative estimate of drug-likeness (QED) is 0.672. The molecule has 0 saturated carbocycles. The average Bonchev–Trinajstić information content (AvgIpc) is 2.46. The van der Waals surface area contributed by atoms with Gasteiger partial charge in [0, 0.05) is 12.3 Å². The highest BCUT2D eigenvalue weighted by Gasteiger charge is 2.31. The Morgan fingerprint density at radius 3 is 2.46 bits per heavy atom. The standard InChI is InChI=1S/C16H20ClF3N2O3S/c1-15(2,3)25-14(24)21-6-7-26-9-13(23)22-12-8-10(16(18,19)20)4-5-11(12)17/h4-5,8H,6-7,9H2,1-3H3,(H,21,24)(H,22,23). The number of carbonyl (C=O) groups is 2. The highest BCUT2D eigenvalue weighted by molar-refractivity contribution is 7.99. The maximum absolute atomic E-state index is 12.7. The van der Waals surface area contributed by atoms with Crippen molar-refractivity contribution in [3.63, 3.8) is 0 Å². The number of carbonyl (C=O) groups excluding carboxylic acids is 2. The van der Waals surface area contributed by atoms with Crippen molar-refractivity contribution in [2.45, 2.75) is 32.5 Å². The zero-order valence-corrected chi connectivity index (χ0v) is 16.1. The molecule has 1 rings (SSSR count). The Hall–Kier alpha value is -1.61. The summed E-state index contributed by atoms with van der Waals surface area (Å²) < 4.78 is 43.1. The molecule has 0 unspecified atom stereocenters. The first-order chi connectivity index (χ1) is 11.9. The van der Waals surface area contributed by atoms with Gasteiger partial charge in [-0.3, -0.25) is 4.79 Å². The SMILES string of the molecule is CC(C)(C)OC(=O)NCCSCC(=O)Nc1cc(C(F)(F)F)ccc1Cl. The van der Waals surface area contributed by atoms with Gasteiger partial charge in [-0.1, -0.05) is 11.6 Å². The Labute approximate surface area is 159 Å². The van der Waals surface area contributed by atoms with Crippen LogP contribution < -0.4 is 10.6 Å². The lowest BCUT2D eigenvalue weighted by Crippen LogP contribution is -2.33. The molecule has 2 amide bonds. The summed E-state index contributed by atoms with van der Waals surface area (Å²) in [5.74, 6) is -0.0561. The fourth-order valence-electron chi connectivity index (χ4n) is 1.69. The van der Waals surface area contributed by atoms with Crippen molar-refractivity contribution >= 4 is 41.1 Å². The van der Waals surface area contributed by atoms with Gasteiger partial charge in [-0.05, 0) is 39.0 Å². The van der Waals surface area contributed by atoms with Gasteiger partial charge in [-0.15, -0.1) is 0 Å². The lowest BCUT2D eigenvalue weighted by Gasteiger charge is -2.19. The maximum atomic E-state index is 12.7. The highest BCUT2D eigenvalue weighted by atomic mass is 35.5. The Balaban J connectivity index is 2.38. The van der Waals surface area contributed by atoms with Crippen LogP contribution in [0.2, 0.25) is 5.02 Å². The zero-order chi connectivity index (χ0) is 20.0. The molecule has 146 valence electrons. The monoisotopic (exact) mass is 412 g/mol. The number of thioether (sulfide) groups is 1. The summed E-state index contributed by atoms with van der Waals surface area (Å²) in [6, 6.07) is 2.71. The Bertz CT molecular complexity index is 649. The predicted octanol–water partition coefficient (Wildman–Crippen LogP) is 4.56. The number of ether oxygens (including phenoxy) is 1. The first-order valence-electron chi connectivity index (χ1n) is 7.59. The van der Waals surface area contributed by atoms with Crippen LogP contribution in [-0.4, -0.2) is 35.7 Å². The molecule has 26 heavy (non-hydrogen) atoms. The van der Waals surface area contributed by atoms with Gasteiger partial charge < -0.3 is 15.4 Å². The first-order valence-corrected chi connectivity index (χ1v) is 9.13. The van der Waals surface area contributed by atoms with E-state index in [1.807, 2.05) is 0 Å². The fourth-order valence-corrected chi connectivity index (χ4v) is 2.50. The third-order valence-electron chi connectivity index (χ3n) is 2.72. The van der Waals surface area contributed by atoms with Crippen molar-refractivity contribution in [1.29, 1.82) is 0 Å². The van der Waals surface area contributed by atoms with Gasteiger partial charge in [-0.2, -0.15) is 24.9 Å². The lowest BCUT2D eigenvalue weighted by atomic mass is 10.2. The molecule has 0 aliphatic rings. The van der Waals surface area contributed by atoms with Gasteiger partial charge in [0.1, 0.15) is 5.60 Å². The highest BCUT2D eigenvalue weighted by Crippen LogP contribution is 2.33. The van der Waals surface area contributed by atoms with E-state index in [-0.39, 0.29) is 23.0 Å². The van der Waals surface area contributed by atoms with Crippen LogP contribution in [0.3, 0.4) is 0 Å². The topological polar surface area (TPSA) is 67.4 Å². The summed E-state index contributed by atoms with van der Waals surface area (Å²) in [6.45, 7) is 5.51. The van der Waals surface area contributed by atoms with Crippen molar-refractivity contribution in [1.82, 2.24) is 5.32 Å². The number of anilines is 1. The number of alkyl halides is 3. The molecule has 0 saturated heterocycles. The fraction of sp³-hybridized carbons (Fsp3) is 0.500. The van der Waals surface area contributed by atoms with E-state index < -0.39 is 29.3 Å². The number of hydrogen-bond acceptors (Lipinski definition) is 4. The smallest absolute Gasteiger partial charge is 0.416 e. The zero-order valence-electron chi connectivity index (χ0n) is 14.5. The summed E-state index contributed by atoms with van der Waals surface area (Å²) in [5.41, 5.74) is -1.59. The van der Waals surface area contributed by atoms with Crippen molar-refractivity contribution in [2.75, 3.05) is 23.4 Å². The van der Waals surface area contributed by atoms with E-state index in [0.717, 1.165) is 18.2 Å². The van der Waals surface area contributed by atoms with Crippen LogP contribution in [0.25, 0.3) is 0 Å². The van der Waals surface area contributed by atoms with Gasteiger partial charge >= 0.3 is 12.3 Å². The number of benzene rings is 1. The molecule has 1 aromatic carbocycles. The van der Waals surface area contributed by atoms with E-state index >= 15 is 0 Å². The second-order valence-electron chi connectivity index (χ2n) is 6.22. The Kier molecular flexibility index (Phi) is 8.08. The van der Waals surface area contributed by atoms with Crippen LogP contribution in [-0.2, 0) is 15.7 Å². The van der Waals surface area contributed by atoms with E-state index in [0.29, 0.717) is 5.75 Å². The molecule has 0 radical (unpaired) electrons. The number of nitrogens with one attached hydrogen (secondary N) is 2. The summed E-state index contributed by atoms with van der Waals surface area (Å²) in [6.07, 6.45) is -5.08. The van der Waals surface area contributed by atoms with Crippen molar-refractivity contribution in [2.24, 2.45) is 0 Å². The number of halogens is 4. The molecule has 2 N–H and O–H groups in total. The first kappa shape index (κ1) is 22.4. The summed E-state index contributed by atoms with van der Waals surface area (Å²) in [5, 5.41) is 4.90. The molecular weight excluding hydrogens is 393 g/mol. The minimum Gasteiger partial charge on any atom is -0.444 e. The number of amides is 2. The molecule has 0 aromatic heterocycles. The van der Waals surface area contributed by atoms with E-state index in [1.165, 1.54) is 11.8 Å². The second kappa shape index (κ2) is 9.36. The molecule has 0 aliphatic heterocycles. The van der Waals surface area contributed by atoms with E-state index in [4.69, 9.17) is 16.3 Å². The molecule has 0 heterocycles. The van der Waals surface area contributed by atoms with E-state index in [9.17, 15) is 22.8 Å². The van der Waals surface area contributed by atoms with E-state index in [2.05, 4.69) is 10.6 Å². The molecule has 0 fully saturated rings. The molecule has 0 bridgehead atoms. The molecule has 1 aromatic rings. The largest absolute Gasteiger partial charge is 0.444 e. The normalized spacial score (nSPS) is 11.8. The molecule has 0 aliphatic carbocycles. The van der Waals surface area contributed by atoms with Gasteiger partial charge in [0.05, 0.1) is 22.0 Å². The van der Waals surface area contributed by atoms with E-state index in [1.54, 1.807) is 20.8 Å². The minimum absolute atomic E-state index is 0.00255. The van der Waals surface area contributed by atoms with Crippen molar-refractivity contribution in [3.8, 4) is 0 Å². The van der Waals surface area contributed by atoms with Gasteiger partial charge in [-0.25, -0.2) is 4.79 Å². The molecule has 5 nitrogen and oxygen atoms in total. The molecular formula is C16H20ClF3N2O3S. The summed E-state index contributed by atoms with van der Waals surface area (Å²) in [7, 11) is 0. The Morgan fingerprint density at radius 2 is 1.88 bits per heavy atom. The summed E-state index contributed by atoms with van der Waals surface area (Å²) in [4.78, 5) is 23.2. The number of rotatable bonds is 6. The average molecular weight is 413 g/mol. The van der Waals surface area contributed by atoms with Crippen molar-refractivity contribution in [3.05, 3.63) is 28.8 Å². The van der Waals surface area contributed by atoms with Gasteiger partial charge in [0.15, 0.2) is 0 Å². The van der Waals surface area contributed by atoms with Crippen LogP contribution in [0, 0.1) is 0 Å². The molecule has 0 atom stereocenters. The van der Waals surface area contributed by atoms with Crippen LogP contribution in [0.5, 0.6) is 0 Å².